The van der Waals surface area contributed by atoms with Crippen LogP contribution in [0.2, 0.25) is 0 Å². The molecule has 2 rings (SSSR count). The third-order valence-electron chi connectivity index (χ3n) is 2.82. The molecule has 0 saturated carbocycles. The topological polar surface area (TPSA) is 54.6 Å². The van der Waals surface area contributed by atoms with Gasteiger partial charge < -0.3 is 9.67 Å². The number of benzene rings is 1. The monoisotopic (exact) mass is 280 g/mol. The first-order valence-electron chi connectivity index (χ1n) is 5.66. The fourth-order valence-corrected chi connectivity index (χ4v) is 2.31. The molecule has 0 spiro atoms. The first kappa shape index (κ1) is 13.5. The Bertz CT molecular complexity index is 675. The van der Waals surface area contributed by atoms with Gasteiger partial charge in [-0.15, -0.1) is 11.3 Å². The van der Waals surface area contributed by atoms with Gasteiger partial charge in [-0.3, -0.25) is 4.79 Å². The van der Waals surface area contributed by atoms with Gasteiger partial charge in [0.15, 0.2) is 4.80 Å². The summed E-state index contributed by atoms with van der Waals surface area (Å²) in [5.74, 6) is -2.23. The predicted molar refractivity (Wildman–Crippen MR) is 71.0 cm³/mol. The molecule has 0 aliphatic carbocycles. The molecule has 19 heavy (non-hydrogen) atoms. The van der Waals surface area contributed by atoms with Gasteiger partial charge in [-0.2, -0.15) is 0 Å². The van der Waals surface area contributed by atoms with Crippen molar-refractivity contribution in [1.82, 2.24) is 4.57 Å². The van der Waals surface area contributed by atoms with Crippen molar-refractivity contribution in [2.75, 3.05) is 0 Å². The largest absolute Gasteiger partial charge is 0.481 e. The van der Waals surface area contributed by atoms with Crippen LogP contribution >= 0.6 is 11.3 Å². The number of nitrogens with zero attached hydrogens (tertiary/aromatic N) is 2. The second-order valence-corrected chi connectivity index (χ2v) is 5.05. The van der Waals surface area contributed by atoms with Crippen LogP contribution in [0.5, 0.6) is 0 Å². The van der Waals surface area contributed by atoms with Crippen LogP contribution in [0.25, 0.3) is 0 Å². The smallest absolute Gasteiger partial charge is 0.310 e. The van der Waals surface area contributed by atoms with Crippen LogP contribution in [0, 0.1) is 5.82 Å². The van der Waals surface area contributed by atoms with E-state index in [1.165, 1.54) is 30.4 Å². The second kappa shape index (κ2) is 5.36. The van der Waals surface area contributed by atoms with Crippen LogP contribution in [0.1, 0.15) is 18.4 Å². The summed E-state index contributed by atoms with van der Waals surface area (Å²) < 4.78 is 15.7. The Morgan fingerprint density at radius 1 is 1.53 bits per heavy atom. The van der Waals surface area contributed by atoms with E-state index in [4.69, 9.17) is 5.11 Å². The zero-order valence-electron chi connectivity index (χ0n) is 10.5. The van der Waals surface area contributed by atoms with Crippen molar-refractivity contribution < 1.29 is 14.3 Å². The summed E-state index contributed by atoms with van der Waals surface area (Å²) in [5, 5.41) is 10.8. The summed E-state index contributed by atoms with van der Waals surface area (Å²) in [6.45, 7) is 1.52. The lowest BCUT2D eigenvalue weighted by Crippen LogP contribution is -2.09. The van der Waals surface area contributed by atoms with Crippen molar-refractivity contribution in [2.24, 2.45) is 12.0 Å². The zero-order valence-corrected chi connectivity index (χ0v) is 11.3. The Kier molecular flexibility index (Phi) is 3.80. The number of aryl methyl sites for hydroxylation is 1. The van der Waals surface area contributed by atoms with Crippen molar-refractivity contribution in [3.63, 3.8) is 0 Å². The first-order chi connectivity index (χ1) is 8.99. The number of hydrogen-bond acceptors (Lipinski definition) is 3. The van der Waals surface area contributed by atoms with E-state index in [1.807, 2.05) is 18.6 Å². The molecule has 0 bridgehead atoms. The summed E-state index contributed by atoms with van der Waals surface area (Å²) in [6.07, 6.45) is 1.84. The molecule has 0 amide bonds. The maximum absolute atomic E-state index is 13.9. The lowest BCUT2D eigenvalue weighted by Gasteiger charge is -2.07. The molecule has 0 radical (unpaired) electrons. The average Bonchev–Trinajstić information content (AvgIpc) is 2.76. The van der Waals surface area contributed by atoms with Gasteiger partial charge >= 0.3 is 5.97 Å². The number of carboxylic acids is 1. The summed E-state index contributed by atoms with van der Waals surface area (Å²) in [5.41, 5.74) is 0.638. The quantitative estimate of drug-likeness (QED) is 0.939. The SMILES string of the molecule is CC(C(=O)O)c1ccc(/N=c2\sccn2C)c(F)c1. The standard InChI is InChI=1S/C13H13FN2O2S/c1-8(12(17)18)9-3-4-11(10(14)7-9)15-13-16(2)5-6-19-13/h3-8H,1-2H3,(H,17,18)/b15-13-. The van der Waals surface area contributed by atoms with Gasteiger partial charge in [-0.25, -0.2) is 9.38 Å². The molecular weight excluding hydrogens is 267 g/mol. The Morgan fingerprint density at radius 2 is 2.26 bits per heavy atom. The molecule has 0 aliphatic rings. The van der Waals surface area contributed by atoms with E-state index in [-0.39, 0.29) is 5.69 Å². The molecule has 1 heterocycles. The third-order valence-corrected chi connectivity index (χ3v) is 3.67. The fourth-order valence-electron chi connectivity index (χ4n) is 1.56. The van der Waals surface area contributed by atoms with Gasteiger partial charge in [-0.1, -0.05) is 6.07 Å². The van der Waals surface area contributed by atoms with Crippen LogP contribution in [0.15, 0.2) is 34.8 Å². The first-order valence-corrected chi connectivity index (χ1v) is 6.54. The minimum absolute atomic E-state index is 0.208. The molecule has 1 atom stereocenters. The van der Waals surface area contributed by atoms with E-state index in [0.717, 1.165) is 0 Å². The maximum Gasteiger partial charge on any atom is 0.310 e. The van der Waals surface area contributed by atoms with Gasteiger partial charge in [0.1, 0.15) is 11.5 Å². The molecule has 2 aromatic rings. The Balaban J connectivity index is 2.41. The lowest BCUT2D eigenvalue weighted by atomic mass is 10.0. The molecule has 4 nitrogen and oxygen atoms in total. The molecule has 100 valence electrons. The molecule has 0 aliphatic heterocycles. The summed E-state index contributed by atoms with van der Waals surface area (Å²) in [4.78, 5) is 15.7. The Hall–Kier alpha value is -1.95. The van der Waals surface area contributed by atoms with Gasteiger partial charge in [0, 0.05) is 18.6 Å². The van der Waals surface area contributed by atoms with Crippen molar-refractivity contribution >= 4 is 23.0 Å². The summed E-state index contributed by atoms with van der Waals surface area (Å²) in [6, 6.07) is 4.32. The minimum Gasteiger partial charge on any atom is -0.481 e. The van der Waals surface area contributed by atoms with Crippen molar-refractivity contribution in [3.8, 4) is 0 Å². The molecule has 0 saturated heterocycles. The number of carbonyl (C=O) groups is 1. The molecular formula is C13H13FN2O2S. The Labute approximate surface area is 113 Å². The number of aliphatic carboxylic acids is 1. The third kappa shape index (κ3) is 2.90. The van der Waals surface area contributed by atoms with Crippen molar-refractivity contribution in [3.05, 3.63) is 46.0 Å². The minimum atomic E-state index is -0.978. The molecule has 1 N–H and O–H groups in total. The van der Waals surface area contributed by atoms with E-state index in [1.54, 1.807) is 10.6 Å². The van der Waals surface area contributed by atoms with E-state index in [0.29, 0.717) is 10.4 Å². The van der Waals surface area contributed by atoms with Gasteiger partial charge in [0.2, 0.25) is 0 Å². The highest BCUT2D eigenvalue weighted by atomic mass is 32.1. The number of aromatic nitrogens is 1. The summed E-state index contributed by atoms with van der Waals surface area (Å²) >= 11 is 1.40. The normalized spacial score (nSPS) is 13.5. The maximum atomic E-state index is 13.9. The van der Waals surface area contributed by atoms with Crippen LogP contribution in [0.4, 0.5) is 10.1 Å². The highest BCUT2D eigenvalue weighted by molar-refractivity contribution is 7.07. The number of rotatable bonds is 3. The lowest BCUT2D eigenvalue weighted by molar-refractivity contribution is -0.138. The van der Waals surface area contributed by atoms with E-state index >= 15 is 0 Å². The number of hydrogen-bond donors (Lipinski definition) is 1. The molecule has 1 unspecified atom stereocenters. The van der Waals surface area contributed by atoms with Crippen molar-refractivity contribution in [1.29, 1.82) is 0 Å². The number of carboxylic acid groups (broad SMARTS) is 1. The van der Waals surface area contributed by atoms with E-state index in [2.05, 4.69) is 4.99 Å². The predicted octanol–water partition coefficient (Wildman–Crippen LogP) is 2.65. The molecule has 1 aromatic heterocycles. The second-order valence-electron chi connectivity index (χ2n) is 4.18. The van der Waals surface area contributed by atoms with Gasteiger partial charge in [-0.05, 0) is 24.6 Å². The van der Waals surface area contributed by atoms with Gasteiger partial charge in [0.25, 0.3) is 0 Å². The highest BCUT2D eigenvalue weighted by Gasteiger charge is 2.15. The number of thiazole rings is 1. The van der Waals surface area contributed by atoms with E-state index < -0.39 is 17.7 Å². The fraction of sp³-hybridized carbons (Fsp3) is 0.231. The molecule has 6 heteroatoms. The van der Waals surface area contributed by atoms with Crippen LogP contribution in [-0.2, 0) is 11.8 Å². The van der Waals surface area contributed by atoms with Crippen LogP contribution < -0.4 is 4.80 Å². The van der Waals surface area contributed by atoms with Crippen LogP contribution in [0.3, 0.4) is 0 Å². The summed E-state index contributed by atoms with van der Waals surface area (Å²) in [7, 11) is 1.83. The van der Waals surface area contributed by atoms with E-state index in [9.17, 15) is 9.18 Å². The Morgan fingerprint density at radius 3 is 2.79 bits per heavy atom. The van der Waals surface area contributed by atoms with Gasteiger partial charge in [0.05, 0.1) is 5.92 Å². The molecule has 1 aromatic carbocycles. The highest BCUT2D eigenvalue weighted by Crippen LogP contribution is 2.23. The zero-order chi connectivity index (χ0) is 14.0. The van der Waals surface area contributed by atoms with Crippen molar-refractivity contribution in [2.45, 2.75) is 12.8 Å². The number of halogens is 1. The van der Waals surface area contributed by atoms with Crippen LogP contribution in [-0.4, -0.2) is 15.6 Å². The molecule has 0 fully saturated rings. The average molecular weight is 280 g/mol.